The molecule has 0 atom stereocenters. The van der Waals surface area contributed by atoms with Crippen LogP contribution in [0.3, 0.4) is 0 Å². The fourth-order valence-corrected chi connectivity index (χ4v) is 3.46. The van der Waals surface area contributed by atoms with E-state index in [1.165, 1.54) is 12.3 Å². The van der Waals surface area contributed by atoms with Gasteiger partial charge in [0.25, 0.3) is 5.91 Å². The minimum atomic E-state index is -4.40. The number of alkyl halides is 3. The number of anilines is 3. The number of aromatic nitrogens is 1. The number of amides is 1. The van der Waals surface area contributed by atoms with Crippen LogP contribution in [0.25, 0.3) is 6.08 Å². The molecule has 1 radical (unpaired) electrons. The smallest absolute Gasteiger partial charge is 0.405 e. The monoisotopic (exact) mass is 462 g/mol. The standard InChI is InChI=1S/C22H23F3N5O3/c23-22(24,25)14-27-18-12-15-4-5-26-21(31)19(15)20(29-18)28-16-2-1-3-17(13-16)33-11-8-30-6-9-32-10-7-30/h1-5,12-13H,6-11,14H2,(H2,27,28,29). The maximum absolute atomic E-state index is 12.6. The quantitative estimate of drug-likeness (QED) is 0.623. The maximum Gasteiger partial charge on any atom is 0.405 e. The minimum absolute atomic E-state index is 0.00848. The van der Waals surface area contributed by atoms with Gasteiger partial charge in [-0.2, -0.15) is 13.2 Å². The molecule has 0 aliphatic carbocycles. The fourth-order valence-electron chi connectivity index (χ4n) is 3.46. The molecule has 1 saturated heterocycles. The average molecular weight is 462 g/mol. The lowest BCUT2D eigenvalue weighted by Gasteiger charge is -2.26. The number of pyridine rings is 1. The predicted octanol–water partition coefficient (Wildman–Crippen LogP) is 3.24. The van der Waals surface area contributed by atoms with E-state index >= 15 is 0 Å². The molecule has 2 aliphatic heterocycles. The lowest BCUT2D eigenvalue weighted by Crippen LogP contribution is -2.38. The molecule has 2 aromatic rings. The third-order valence-electron chi connectivity index (χ3n) is 5.06. The summed E-state index contributed by atoms with van der Waals surface area (Å²) in [6, 6.07) is 8.46. The zero-order valence-electron chi connectivity index (χ0n) is 17.7. The topological polar surface area (TPSA) is 89.8 Å². The molecule has 0 unspecified atom stereocenters. The number of nitrogens with one attached hydrogen (secondary N) is 2. The molecule has 175 valence electrons. The molecule has 1 aromatic heterocycles. The summed E-state index contributed by atoms with van der Waals surface area (Å²) in [6.45, 7) is 3.19. The van der Waals surface area contributed by atoms with Gasteiger partial charge < -0.3 is 20.1 Å². The lowest BCUT2D eigenvalue weighted by atomic mass is 10.1. The summed E-state index contributed by atoms with van der Waals surface area (Å²) in [7, 11) is 0. The Morgan fingerprint density at radius 1 is 1.18 bits per heavy atom. The molecule has 8 nitrogen and oxygen atoms in total. The molecule has 1 fully saturated rings. The zero-order valence-corrected chi connectivity index (χ0v) is 17.7. The highest BCUT2D eigenvalue weighted by molar-refractivity contribution is 6.05. The highest BCUT2D eigenvalue weighted by Gasteiger charge is 2.28. The van der Waals surface area contributed by atoms with Crippen LogP contribution < -0.4 is 20.7 Å². The number of rotatable bonds is 8. The molecule has 1 aromatic carbocycles. The molecule has 2 aliphatic rings. The summed E-state index contributed by atoms with van der Waals surface area (Å²) in [5.41, 5.74) is 1.19. The van der Waals surface area contributed by atoms with Gasteiger partial charge >= 0.3 is 6.18 Å². The molecular weight excluding hydrogens is 439 g/mol. The minimum Gasteiger partial charge on any atom is -0.492 e. The molecular formula is C22H23F3N5O3. The normalized spacial score (nSPS) is 16.2. The van der Waals surface area contributed by atoms with E-state index in [4.69, 9.17) is 9.47 Å². The zero-order chi connectivity index (χ0) is 23.3. The number of carbonyl (C=O) groups excluding carboxylic acids is 1. The summed E-state index contributed by atoms with van der Waals surface area (Å²) in [4.78, 5) is 18.8. The van der Waals surface area contributed by atoms with Crippen LogP contribution in [-0.2, 0) is 4.74 Å². The molecule has 11 heteroatoms. The van der Waals surface area contributed by atoms with E-state index in [-0.39, 0.29) is 17.2 Å². The molecule has 0 spiro atoms. The molecule has 1 amide bonds. The summed E-state index contributed by atoms with van der Waals surface area (Å²) >= 11 is 0. The van der Waals surface area contributed by atoms with Crippen LogP contribution in [-0.4, -0.2) is 68.0 Å². The first kappa shape index (κ1) is 22.9. The van der Waals surface area contributed by atoms with E-state index in [1.54, 1.807) is 30.3 Å². The van der Waals surface area contributed by atoms with Crippen molar-refractivity contribution in [3.05, 3.63) is 47.7 Å². The number of fused-ring (bicyclic) bond motifs is 1. The summed E-state index contributed by atoms with van der Waals surface area (Å²) in [6.07, 6.45) is -1.54. The van der Waals surface area contributed by atoms with E-state index < -0.39 is 18.6 Å². The summed E-state index contributed by atoms with van der Waals surface area (Å²) in [5, 5.41) is 9.03. The second-order valence-corrected chi connectivity index (χ2v) is 7.49. The Bertz CT molecular complexity index is 1020. The van der Waals surface area contributed by atoms with Gasteiger partial charge in [0, 0.05) is 37.6 Å². The SMILES string of the molecule is O=C1[N]C=Cc2cc(NCC(F)(F)F)nc(Nc3cccc(OCCN4CCOCC4)c3)c21. The lowest BCUT2D eigenvalue weighted by molar-refractivity contribution is -0.115. The van der Waals surface area contributed by atoms with Crippen molar-refractivity contribution in [1.82, 2.24) is 15.2 Å². The number of halogens is 3. The Kier molecular flexibility index (Phi) is 6.99. The number of ether oxygens (including phenoxy) is 2. The summed E-state index contributed by atoms with van der Waals surface area (Å²) in [5.74, 6) is 0.193. The van der Waals surface area contributed by atoms with Crippen LogP contribution in [0.2, 0.25) is 0 Å². The molecule has 3 heterocycles. The van der Waals surface area contributed by atoms with Crippen molar-refractivity contribution in [2.75, 3.05) is 56.6 Å². The third kappa shape index (κ3) is 6.36. The van der Waals surface area contributed by atoms with Crippen LogP contribution in [0.5, 0.6) is 5.75 Å². The van der Waals surface area contributed by atoms with Gasteiger partial charge in [-0.15, -0.1) is 0 Å². The van der Waals surface area contributed by atoms with E-state index in [0.29, 0.717) is 36.8 Å². The van der Waals surface area contributed by atoms with Crippen molar-refractivity contribution in [2.24, 2.45) is 0 Å². The van der Waals surface area contributed by atoms with E-state index in [0.717, 1.165) is 19.6 Å². The van der Waals surface area contributed by atoms with Gasteiger partial charge in [0.05, 0.1) is 18.8 Å². The third-order valence-corrected chi connectivity index (χ3v) is 5.06. The second-order valence-electron chi connectivity index (χ2n) is 7.49. The summed E-state index contributed by atoms with van der Waals surface area (Å²) < 4.78 is 49.1. The number of benzene rings is 1. The Labute approximate surface area is 188 Å². The number of morpholine rings is 1. The number of nitrogens with zero attached hydrogens (tertiary/aromatic N) is 3. The highest BCUT2D eigenvalue weighted by Crippen LogP contribution is 2.30. The van der Waals surface area contributed by atoms with Crippen LogP contribution in [0.4, 0.5) is 30.5 Å². The molecule has 4 rings (SSSR count). The van der Waals surface area contributed by atoms with Crippen molar-refractivity contribution in [3.8, 4) is 5.75 Å². The highest BCUT2D eigenvalue weighted by atomic mass is 19.4. The predicted molar refractivity (Wildman–Crippen MR) is 117 cm³/mol. The molecule has 2 N–H and O–H groups in total. The Morgan fingerprint density at radius 2 is 2.00 bits per heavy atom. The van der Waals surface area contributed by atoms with Gasteiger partial charge in [-0.05, 0) is 29.8 Å². The Balaban J connectivity index is 1.48. The van der Waals surface area contributed by atoms with Crippen LogP contribution in [0.1, 0.15) is 15.9 Å². The first-order valence-corrected chi connectivity index (χ1v) is 10.4. The van der Waals surface area contributed by atoms with Crippen LogP contribution >= 0.6 is 0 Å². The van der Waals surface area contributed by atoms with Gasteiger partial charge in [-0.25, -0.2) is 10.3 Å². The number of hydrogen-bond donors (Lipinski definition) is 2. The first-order valence-electron chi connectivity index (χ1n) is 10.4. The van der Waals surface area contributed by atoms with E-state index in [2.05, 4.69) is 25.8 Å². The van der Waals surface area contributed by atoms with E-state index in [9.17, 15) is 18.0 Å². The molecule has 0 bridgehead atoms. The Hall–Kier alpha value is -3.31. The maximum atomic E-state index is 12.6. The van der Waals surface area contributed by atoms with E-state index in [1.807, 2.05) is 0 Å². The van der Waals surface area contributed by atoms with Crippen molar-refractivity contribution in [3.63, 3.8) is 0 Å². The fraction of sp³-hybridized carbons (Fsp3) is 0.364. The van der Waals surface area contributed by atoms with Crippen molar-refractivity contribution in [1.29, 1.82) is 0 Å². The molecule has 0 saturated carbocycles. The van der Waals surface area contributed by atoms with Gasteiger partial charge in [0.2, 0.25) is 0 Å². The van der Waals surface area contributed by atoms with Gasteiger partial charge in [0.1, 0.15) is 30.5 Å². The van der Waals surface area contributed by atoms with Crippen molar-refractivity contribution < 1.29 is 27.4 Å². The first-order chi connectivity index (χ1) is 15.9. The van der Waals surface area contributed by atoms with Crippen molar-refractivity contribution in [2.45, 2.75) is 6.18 Å². The number of carbonyl (C=O) groups is 1. The van der Waals surface area contributed by atoms with Crippen LogP contribution in [0.15, 0.2) is 36.5 Å². The van der Waals surface area contributed by atoms with Gasteiger partial charge in [-0.3, -0.25) is 9.69 Å². The van der Waals surface area contributed by atoms with Crippen molar-refractivity contribution >= 4 is 29.3 Å². The average Bonchev–Trinajstić information content (AvgIpc) is 2.78. The van der Waals surface area contributed by atoms with Gasteiger partial charge in [0.15, 0.2) is 0 Å². The second kappa shape index (κ2) is 10.1. The largest absolute Gasteiger partial charge is 0.492 e. The van der Waals surface area contributed by atoms with Gasteiger partial charge in [-0.1, -0.05) is 6.07 Å². The molecule has 33 heavy (non-hydrogen) atoms. The number of hydrogen-bond acceptors (Lipinski definition) is 7. The Morgan fingerprint density at radius 3 is 2.79 bits per heavy atom. The van der Waals surface area contributed by atoms with Crippen LogP contribution in [0, 0.1) is 0 Å².